The molecule has 2 heterocycles. The SMILES string of the molecule is C=C1CCN=C(c2ccco2)O1. The average Bonchev–Trinajstić information content (AvgIpc) is 2.56. The van der Waals surface area contributed by atoms with Crippen LogP contribution in [0.5, 0.6) is 0 Å². The van der Waals surface area contributed by atoms with Crippen molar-refractivity contribution >= 4 is 5.90 Å². The first-order valence-electron chi connectivity index (χ1n) is 3.80. The van der Waals surface area contributed by atoms with Crippen LogP contribution in [0, 0.1) is 0 Å². The first-order chi connectivity index (χ1) is 5.86. The fraction of sp³-hybridized carbons (Fsp3) is 0.222. The fourth-order valence-electron chi connectivity index (χ4n) is 1.03. The normalized spacial score (nSPS) is 17.0. The molecule has 1 aliphatic heterocycles. The van der Waals surface area contributed by atoms with Gasteiger partial charge in [0, 0.05) is 6.42 Å². The van der Waals surface area contributed by atoms with E-state index in [1.54, 1.807) is 12.3 Å². The first-order valence-corrected chi connectivity index (χ1v) is 3.80. The Morgan fingerprint density at radius 3 is 3.08 bits per heavy atom. The molecule has 0 fully saturated rings. The lowest BCUT2D eigenvalue weighted by molar-refractivity contribution is 0.365. The third-order valence-corrected chi connectivity index (χ3v) is 1.62. The maximum Gasteiger partial charge on any atom is 0.258 e. The molecule has 0 spiro atoms. The van der Waals surface area contributed by atoms with Crippen molar-refractivity contribution in [2.75, 3.05) is 6.54 Å². The highest BCUT2D eigenvalue weighted by Crippen LogP contribution is 2.14. The molecule has 62 valence electrons. The summed E-state index contributed by atoms with van der Waals surface area (Å²) in [7, 11) is 0. The maximum absolute atomic E-state index is 5.29. The lowest BCUT2D eigenvalue weighted by Crippen LogP contribution is -2.11. The van der Waals surface area contributed by atoms with Gasteiger partial charge in [-0.05, 0) is 12.1 Å². The molecule has 12 heavy (non-hydrogen) atoms. The second-order valence-corrected chi connectivity index (χ2v) is 2.55. The summed E-state index contributed by atoms with van der Waals surface area (Å²) >= 11 is 0. The summed E-state index contributed by atoms with van der Waals surface area (Å²) in [6, 6.07) is 3.62. The largest absolute Gasteiger partial charge is 0.459 e. The molecule has 2 rings (SSSR count). The van der Waals surface area contributed by atoms with Crippen LogP contribution in [0.15, 0.2) is 40.1 Å². The minimum absolute atomic E-state index is 0.538. The van der Waals surface area contributed by atoms with Gasteiger partial charge < -0.3 is 9.15 Å². The number of furan rings is 1. The Morgan fingerprint density at radius 2 is 2.42 bits per heavy atom. The number of hydrogen-bond donors (Lipinski definition) is 0. The van der Waals surface area contributed by atoms with E-state index in [9.17, 15) is 0 Å². The summed E-state index contributed by atoms with van der Waals surface area (Å²) in [5.41, 5.74) is 0. The molecule has 0 unspecified atom stereocenters. The second kappa shape index (κ2) is 2.85. The van der Waals surface area contributed by atoms with E-state index in [1.165, 1.54) is 0 Å². The van der Waals surface area contributed by atoms with Crippen molar-refractivity contribution in [2.24, 2.45) is 4.99 Å². The van der Waals surface area contributed by atoms with Gasteiger partial charge in [0.1, 0.15) is 5.76 Å². The number of nitrogens with zero attached hydrogens (tertiary/aromatic N) is 1. The zero-order valence-electron chi connectivity index (χ0n) is 6.62. The van der Waals surface area contributed by atoms with Crippen molar-refractivity contribution in [3.05, 3.63) is 36.5 Å². The van der Waals surface area contributed by atoms with Gasteiger partial charge in [0.25, 0.3) is 5.90 Å². The predicted octanol–water partition coefficient (Wildman–Crippen LogP) is 1.96. The van der Waals surface area contributed by atoms with Crippen molar-refractivity contribution in [2.45, 2.75) is 6.42 Å². The molecule has 0 aliphatic carbocycles. The molecule has 0 saturated heterocycles. The monoisotopic (exact) mass is 163 g/mol. The van der Waals surface area contributed by atoms with Crippen molar-refractivity contribution < 1.29 is 9.15 Å². The van der Waals surface area contributed by atoms with E-state index in [1.807, 2.05) is 6.07 Å². The molecule has 3 heteroatoms. The van der Waals surface area contributed by atoms with Gasteiger partial charge in [-0.1, -0.05) is 6.58 Å². The van der Waals surface area contributed by atoms with Crippen LogP contribution in [0.3, 0.4) is 0 Å². The summed E-state index contributed by atoms with van der Waals surface area (Å²) in [6.07, 6.45) is 2.39. The molecule has 1 aliphatic rings. The molecule has 0 atom stereocenters. The van der Waals surface area contributed by atoms with Crippen LogP contribution in [0.4, 0.5) is 0 Å². The second-order valence-electron chi connectivity index (χ2n) is 2.55. The van der Waals surface area contributed by atoms with Gasteiger partial charge in [-0.15, -0.1) is 0 Å². The van der Waals surface area contributed by atoms with E-state index in [0.717, 1.165) is 18.7 Å². The Labute approximate surface area is 70.4 Å². The Kier molecular flexibility index (Phi) is 1.70. The highest BCUT2D eigenvalue weighted by Gasteiger charge is 2.13. The zero-order chi connectivity index (χ0) is 8.39. The van der Waals surface area contributed by atoms with Gasteiger partial charge in [0.15, 0.2) is 5.76 Å². The molecule has 0 saturated carbocycles. The molecule has 1 aromatic rings. The van der Waals surface area contributed by atoms with E-state index in [4.69, 9.17) is 9.15 Å². The number of aliphatic imine (C=N–C) groups is 1. The van der Waals surface area contributed by atoms with Gasteiger partial charge >= 0.3 is 0 Å². The Bertz CT molecular complexity index is 311. The highest BCUT2D eigenvalue weighted by atomic mass is 16.5. The van der Waals surface area contributed by atoms with Gasteiger partial charge in [-0.2, -0.15) is 0 Å². The number of rotatable bonds is 1. The number of hydrogen-bond acceptors (Lipinski definition) is 3. The van der Waals surface area contributed by atoms with Crippen LogP contribution < -0.4 is 0 Å². The summed E-state index contributed by atoms with van der Waals surface area (Å²) in [5, 5.41) is 0. The van der Waals surface area contributed by atoms with Crippen molar-refractivity contribution in [3.63, 3.8) is 0 Å². The van der Waals surface area contributed by atoms with Gasteiger partial charge in [0.05, 0.1) is 12.8 Å². The molecule has 1 aromatic heterocycles. The van der Waals surface area contributed by atoms with Crippen molar-refractivity contribution in [3.8, 4) is 0 Å². The summed E-state index contributed by atoms with van der Waals surface area (Å²) < 4.78 is 10.4. The van der Waals surface area contributed by atoms with Gasteiger partial charge in [-0.25, -0.2) is 4.99 Å². The Morgan fingerprint density at radius 1 is 1.50 bits per heavy atom. The molecular formula is C9H9NO2. The van der Waals surface area contributed by atoms with Gasteiger partial charge in [-0.3, -0.25) is 0 Å². The lowest BCUT2D eigenvalue weighted by Gasteiger charge is -2.13. The summed E-state index contributed by atoms with van der Waals surface area (Å²) in [5.74, 6) is 1.95. The smallest absolute Gasteiger partial charge is 0.258 e. The fourth-order valence-corrected chi connectivity index (χ4v) is 1.03. The molecule has 0 amide bonds. The van der Waals surface area contributed by atoms with Crippen LogP contribution >= 0.6 is 0 Å². The first kappa shape index (κ1) is 7.16. The number of ether oxygens (including phenoxy) is 1. The summed E-state index contributed by atoms with van der Waals surface area (Å²) in [4.78, 5) is 4.16. The predicted molar refractivity (Wildman–Crippen MR) is 45.0 cm³/mol. The van der Waals surface area contributed by atoms with Crippen LogP contribution in [-0.2, 0) is 4.74 Å². The molecule has 0 bridgehead atoms. The van der Waals surface area contributed by atoms with Crippen molar-refractivity contribution in [1.29, 1.82) is 0 Å². The average molecular weight is 163 g/mol. The van der Waals surface area contributed by atoms with E-state index in [0.29, 0.717) is 11.7 Å². The van der Waals surface area contributed by atoms with Crippen LogP contribution in [0.25, 0.3) is 0 Å². The Balaban J connectivity index is 2.24. The highest BCUT2D eigenvalue weighted by molar-refractivity contribution is 5.92. The third-order valence-electron chi connectivity index (χ3n) is 1.62. The third kappa shape index (κ3) is 1.25. The zero-order valence-corrected chi connectivity index (χ0v) is 6.62. The quantitative estimate of drug-likeness (QED) is 0.634. The van der Waals surface area contributed by atoms with Crippen LogP contribution in [0.1, 0.15) is 12.2 Å². The van der Waals surface area contributed by atoms with Gasteiger partial charge in [0.2, 0.25) is 0 Å². The Hall–Kier alpha value is -1.51. The molecular weight excluding hydrogens is 154 g/mol. The minimum atomic E-state index is 0.538. The topological polar surface area (TPSA) is 34.7 Å². The maximum atomic E-state index is 5.29. The lowest BCUT2D eigenvalue weighted by atomic mass is 10.3. The standard InChI is InChI=1S/C9H9NO2/c1-7-4-5-10-9(12-7)8-3-2-6-11-8/h2-3,6H,1,4-5H2. The summed E-state index contributed by atoms with van der Waals surface area (Å²) in [6.45, 7) is 4.46. The van der Waals surface area contributed by atoms with E-state index < -0.39 is 0 Å². The minimum Gasteiger partial charge on any atom is -0.459 e. The molecule has 3 nitrogen and oxygen atoms in total. The van der Waals surface area contributed by atoms with Crippen molar-refractivity contribution in [1.82, 2.24) is 0 Å². The van der Waals surface area contributed by atoms with E-state index >= 15 is 0 Å². The van der Waals surface area contributed by atoms with E-state index in [2.05, 4.69) is 11.6 Å². The molecule has 0 radical (unpaired) electrons. The van der Waals surface area contributed by atoms with E-state index in [-0.39, 0.29) is 0 Å². The molecule has 0 N–H and O–H groups in total. The molecule has 0 aromatic carbocycles. The van der Waals surface area contributed by atoms with Crippen LogP contribution in [0.2, 0.25) is 0 Å². The van der Waals surface area contributed by atoms with Crippen LogP contribution in [-0.4, -0.2) is 12.4 Å².